The van der Waals surface area contributed by atoms with Gasteiger partial charge in [0.15, 0.2) is 0 Å². The molecule has 1 aliphatic rings. The third kappa shape index (κ3) is 3.75. The second-order valence-electron chi connectivity index (χ2n) is 4.90. The van der Waals surface area contributed by atoms with Crippen molar-refractivity contribution in [1.82, 2.24) is 5.32 Å². The molecule has 100 valence electrons. The molecule has 1 aromatic rings. The zero-order valence-corrected chi connectivity index (χ0v) is 13.7. The molecule has 0 aromatic heterocycles. The van der Waals surface area contributed by atoms with E-state index in [0.29, 0.717) is 0 Å². The summed E-state index contributed by atoms with van der Waals surface area (Å²) in [4.78, 5) is 2.42. The fourth-order valence-corrected chi connectivity index (χ4v) is 3.14. The number of benzene rings is 1. The maximum atomic E-state index is 6.29. The Morgan fingerprint density at radius 1 is 1.50 bits per heavy atom. The highest BCUT2D eigenvalue weighted by molar-refractivity contribution is 14.1. The van der Waals surface area contributed by atoms with Gasteiger partial charge in [0.25, 0.3) is 0 Å². The summed E-state index contributed by atoms with van der Waals surface area (Å²) in [5.74, 6) is 0.755. The number of hydrogen-bond donors (Lipinski definition) is 1. The third-order valence-electron chi connectivity index (χ3n) is 3.39. The number of anilines is 1. The van der Waals surface area contributed by atoms with Gasteiger partial charge in [-0.2, -0.15) is 0 Å². The van der Waals surface area contributed by atoms with Gasteiger partial charge in [0, 0.05) is 16.7 Å². The molecule has 0 amide bonds. The molecule has 1 aliphatic heterocycles. The Balaban J connectivity index is 1.93. The molecule has 0 saturated carbocycles. The molecule has 1 saturated heterocycles. The fourth-order valence-electron chi connectivity index (χ4n) is 2.43. The Morgan fingerprint density at radius 3 is 3.11 bits per heavy atom. The number of nitrogens with one attached hydrogen (secondary N) is 1. The largest absolute Gasteiger partial charge is 0.370 e. The van der Waals surface area contributed by atoms with Crippen molar-refractivity contribution in [2.24, 2.45) is 5.92 Å². The predicted molar refractivity (Wildman–Crippen MR) is 87.6 cm³/mol. The van der Waals surface area contributed by atoms with Gasteiger partial charge < -0.3 is 10.2 Å². The van der Waals surface area contributed by atoms with E-state index in [1.165, 1.54) is 22.1 Å². The first-order valence-electron chi connectivity index (χ1n) is 6.61. The molecule has 0 spiro atoms. The molecule has 1 aromatic carbocycles. The Morgan fingerprint density at radius 2 is 2.33 bits per heavy atom. The second-order valence-corrected chi connectivity index (χ2v) is 6.55. The van der Waals surface area contributed by atoms with Crippen molar-refractivity contribution in [2.75, 3.05) is 31.1 Å². The zero-order chi connectivity index (χ0) is 13.0. The van der Waals surface area contributed by atoms with Crippen molar-refractivity contribution in [1.29, 1.82) is 0 Å². The quantitative estimate of drug-likeness (QED) is 0.620. The van der Waals surface area contributed by atoms with Crippen LogP contribution in [-0.2, 0) is 0 Å². The van der Waals surface area contributed by atoms with Crippen LogP contribution < -0.4 is 10.2 Å². The van der Waals surface area contributed by atoms with E-state index in [0.717, 1.165) is 37.1 Å². The number of rotatable bonds is 5. The monoisotopic (exact) mass is 378 g/mol. The lowest BCUT2D eigenvalue weighted by Crippen LogP contribution is -2.27. The highest BCUT2D eigenvalue weighted by Gasteiger charge is 2.23. The Kier molecular flexibility index (Phi) is 5.57. The van der Waals surface area contributed by atoms with E-state index >= 15 is 0 Å². The first kappa shape index (κ1) is 14.4. The van der Waals surface area contributed by atoms with Gasteiger partial charge in [0.1, 0.15) is 0 Å². The van der Waals surface area contributed by atoms with Crippen molar-refractivity contribution in [3.8, 4) is 0 Å². The summed E-state index contributed by atoms with van der Waals surface area (Å²) in [6.45, 7) is 6.71. The topological polar surface area (TPSA) is 15.3 Å². The van der Waals surface area contributed by atoms with Crippen molar-refractivity contribution >= 4 is 39.9 Å². The van der Waals surface area contributed by atoms with E-state index in [4.69, 9.17) is 11.6 Å². The van der Waals surface area contributed by atoms with Gasteiger partial charge in [-0.15, -0.1) is 0 Å². The van der Waals surface area contributed by atoms with Gasteiger partial charge in [-0.05, 0) is 72.6 Å². The molecule has 0 aliphatic carbocycles. The molecule has 1 N–H and O–H groups in total. The highest BCUT2D eigenvalue weighted by Crippen LogP contribution is 2.31. The van der Waals surface area contributed by atoms with E-state index in [2.05, 4.69) is 51.9 Å². The van der Waals surface area contributed by atoms with Gasteiger partial charge >= 0.3 is 0 Å². The van der Waals surface area contributed by atoms with Gasteiger partial charge in [0.05, 0.1) is 10.7 Å². The SMILES string of the molecule is CCCNCC1CCN(c2cc(I)ccc2Cl)C1. The number of halogens is 2. The second kappa shape index (κ2) is 6.96. The van der Waals surface area contributed by atoms with Crippen LogP contribution in [0.2, 0.25) is 5.02 Å². The molecule has 1 unspecified atom stereocenters. The average molecular weight is 379 g/mol. The molecular weight excluding hydrogens is 359 g/mol. The highest BCUT2D eigenvalue weighted by atomic mass is 127. The Hall–Kier alpha value is -0.0000000000000000555. The van der Waals surface area contributed by atoms with Crippen LogP contribution in [0.5, 0.6) is 0 Å². The van der Waals surface area contributed by atoms with Crippen LogP contribution in [-0.4, -0.2) is 26.2 Å². The Bertz CT molecular complexity index is 397. The molecule has 1 atom stereocenters. The van der Waals surface area contributed by atoms with E-state index in [-0.39, 0.29) is 0 Å². The van der Waals surface area contributed by atoms with Crippen molar-refractivity contribution in [3.05, 3.63) is 26.8 Å². The lowest BCUT2D eigenvalue weighted by atomic mass is 10.1. The van der Waals surface area contributed by atoms with Crippen LogP contribution >= 0.6 is 34.2 Å². The van der Waals surface area contributed by atoms with E-state index < -0.39 is 0 Å². The summed E-state index contributed by atoms with van der Waals surface area (Å²) in [5.41, 5.74) is 1.20. The smallest absolute Gasteiger partial charge is 0.0640 e. The van der Waals surface area contributed by atoms with Crippen molar-refractivity contribution in [3.63, 3.8) is 0 Å². The van der Waals surface area contributed by atoms with Crippen LogP contribution in [0.4, 0.5) is 5.69 Å². The molecule has 18 heavy (non-hydrogen) atoms. The maximum Gasteiger partial charge on any atom is 0.0640 e. The van der Waals surface area contributed by atoms with Crippen LogP contribution in [0.1, 0.15) is 19.8 Å². The molecule has 0 bridgehead atoms. The van der Waals surface area contributed by atoms with Crippen LogP contribution in [0, 0.1) is 9.49 Å². The first-order valence-corrected chi connectivity index (χ1v) is 8.07. The summed E-state index contributed by atoms with van der Waals surface area (Å²) in [7, 11) is 0. The minimum Gasteiger partial charge on any atom is -0.370 e. The molecule has 1 fully saturated rings. The molecule has 2 rings (SSSR count). The molecule has 2 nitrogen and oxygen atoms in total. The lowest BCUT2D eigenvalue weighted by molar-refractivity contribution is 0.516. The predicted octanol–water partition coefficient (Wildman–Crippen LogP) is 3.77. The van der Waals surface area contributed by atoms with E-state index in [9.17, 15) is 0 Å². The molecule has 4 heteroatoms. The lowest BCUT2D eigenvalue weighted by Gasteiger charge is -2.20. The van der Waals surface area contributed by atoms with Crippen LogP contribution in [0.25, 0.3) is 0 Å². The normalized spacial score (nSPS) is 19.5. The standard InChI is InChI=1S/C14H20ClIN2/c1-2-6-17-9-11-5-7-18(10-11)14-8-12(16)3-4-13(14)15/h3-4,8,11,17H,2,5-7,9-10H2,1H3. The molecule has 1 heterocycles. The van der Waals surface area contributed by atoms with Gasteiger partial charge in [0.2, 0.25) is 0 Å². The minimum absolute atomic E-state index is 0.755. The molecular formula is C14H20ClIN2. The van der Waals surface area contributed by atoms with E-state index in [1.54, 1.807) is 0 Å². The summed E-state index contributed by atoms with van der Waals surface area (Å²) in [6.07, 6.45) is 2.47. The summed E-state index contributed by atoms with van der Waals surface area (Å²) >= 11 is 8.63. The maximum absolute atomic E-state index is 6.29. The van der Waals surface area contributed by atoms with Crippen LogP contribution in [0.15, 0.2) is 18.2 Å². The molecule has 0 radical (unpaired) electrons. The minimum atomic E-state index is 0.755. The van der Waals surface area contributed by atoms with E-state index in [1.807, 2.05) is 6.07 Å². The van der Waals surface area contributed by atoms with Gasteiger partial charge in [-0.25, -0.2) is 0 Å². The first-order chi connectivity index (χ1) is 8.70. The van der Waals surface area contributed by atoms with Crippen molar-refractivity contribution < 1.29 is 0 Å². The summed E-state index contributed by atoms with van der Waals surface area (Å²) < 4.78 is 1.25. The zero-order valence-electron chi connectivity index (χ0n) is 10.8. The number of hydrogen-bond acceptors (Lipinski definition) is 2. The average Bonchev–Trinajstić information content (AvgIpc) is 2.81. The van der Waals surface area contributed by atoms with Crippen LogP contribution in [0.3, 0.4) is 0 Å². The third-order valence-corrected chi connectivity index (χ3v) is 4.39. The van der Waals surface area contributed by atoms with Crippen molar-refractivity contribution in [2.45, 2.75) is 19.8 Å². The number of nitrogens with zero attached hydrogens (tertiary/aromatic N) is 1. The fraction of sp³-hybridized carbons (Fsp3) is 0.571. The summed E-state index contributed by atoms with van der Waals surface area (Å²) in [6, 6.07) is 6.24. The van der Waals surface area contributed by atoms with Gasteiger partial charge in [-0.3, -0.25) is 0 Å². The van der Waals surface area contributed by atoms with Gasteiger partial charge in [-0.1, -0.05) is 18.5 Å². The summed E-state index contributed by atoms with van der Waals surface area (Å²) in [5, 5.41) is 4.39. The Labute approximate surface area is 128 Å².